The van der Waals surface area contributed by atoms with E-state index < -0.39 is 0 Å². The molecule has 4 nitrogen and oxygen atoms in total. The summed E-state index contributed by atoms with van der Waals surface area (Å²) in [4.78, 5) is 13.7. The van der Waals surface area contributed by atoms with E-state index in [9.17, 15) is 4.79 Å². The summed E-state index contributed by atoms with van der Waals surface area (Å²) in [7, 11) is 1.93. The predicted molar refractivity (Wildman–Crippen MR) is 73.4 cm³/mol. The summed E-state index contributed by atoms with van der Waals surface area (Å²) in [6.07, 6.45) is 2.23. The summed E-state index contributed by atoms with van der Waals surface area (Å²) < 4.78 is 0. The van der Waals surface area contributed by atoms with Crippen molar-refractivity contribution in [3.63, 3.8) is 0 Å². The molecule has 1 amide bonds. The molecule has 100 valence electrons. The Balaban J connectivity index is 1.89. The van der Waals surface area contributed by atoms with Gasteiger partial charge < -0.3 is 5.32 Å². The molecular weight excluding hydrogens is 238 g/mol. The lowest BCUT2D eigenvalue weighted by atomic mass is 10.1. The molecule has 0 bridgehead atoms. The van der Waals surface area contributed by atoms with Crippen LogP contribution in [0.3, 0.4) is 0 Å². The van der Waals surface area contributed by atoms with Crippen molar-refractivity contribution in [2.24, 2.45) is 0 Å². The van der Waals surface area contributed by atoms with E-state index in [1.165, 1.54) is 0 Å². The Morgan fingerprint density at radius 3 is 2.84 bits per heavy atom. The zero-order chi connectivity index (χ0) is 13.8. The number of amides is 1. The fraction of sp³-hybridized carbons (Fsp3) is 0.467. The van der Waals surface area contributed by atoms with Gasteiger partial charge in [-0.2, -0.15) is 5.26 Å². The van der Waals surface area contributed by atoms with E-state index >= 15 is 0 Å². The second-order valence-corrected chi connectivity index (χ2v) is 5.27. The number of hydrogen-bond donors (Lipinski definition) is 1. The third-order valence-corrected chi connectivity index (χ3v) is 3.27. The van der Waals surface area contributed by atoms with E-state index in [2.05, 4.69) is 11.4 Å². The Morgan fingerprint density at radius 1 is 1.53 bits per heavy atom. The monoisotopic (exact) mass is 257 g/mol. The summed E-state index contributed by atoms with van der Waals surface area (Å²) in [5.74, 6) is 0.0938. The minimum absolute atomic E-state index is 0.0938. The van der Waals surface area contributed by atoms with E-state index in [4.69, 9.17) is 5.26 Å². The Bertz CT molecular complexity index is 515. The van der Waals surface area contributed by atoms with Crippen LogP contribution in [-0.2, 0) is 11.3 Å². The van der Waals surface area contributed by atoms with Gasteiger partial charge in [0.15, 0.2) is 0 Å². The van der Waals surface area contributed by atoms with E-state index in [0.717, 1.165) is 30.5 Å². The molecule has 0 aromatic heterocycles. The van der Waals surface area contributed by atoms with Gasteiger partial charge in [-0.1, -0.05) is 6.07 Å². The summed E-state index contributed by atoms with van der Waals surface area (Å²) in [5.41, 5.74) is 2.92. The third-order valence-electron chi connectivity index (χ3n) is 3.27. The third kappa shape index (κ3) is 4.08. The molecular formula is C15H19N3O. The highest BCUT2D eigenvalue weighted by molar-refractivity contribution is 5.78. The first-order chi connectivity index (χ1) is 9.08. The minimum Gasteiger partial charge on any atom is -0.352 e. The molecule has 0 atom stereocenters. The molecule has 0 unspecified atom stereocenters. The number of likely N-dealkylation sites (N-methyl/N-ethyl adjacent to an activating group) is 1. The first kappa shape index (κ1) is 13.6. The topological polar surface area (TPSA) is 56.1 Å². The number of hydrogen-bond acceptors (Lipinski definition) is 3. The average Bonchev–Trinajstić information content (AvgIpc) is 3.15. The molecule has 1 N–H and O–H groups in total. The standard InChI is InChI=1S/C15H19N3O/c1-11-7-12(8-16)3-4-13(11)9-18(2)10-15(19)17-14-5-6-14/h3-4,7,14H,5-6,9-10H2,1-2H3,(H,17,19). The van der Waals surface area contributed by atoms with E-state index in [0.29, 0.717) is 18.2 Å². The first-order valence-electron chi connectivity index (χ1n) is 6.56. The van der Waals surface area contributed by atoms with Gasteiger partial charge in [-0.3, -0.25) is 9.69 Å². The molecule has 1 aliphatic carbocycles. The maximum absolute atomic E-state index is 11.7. The molecule has 19 heavy (non-hydrogen) atoms. The van der Waals surface area contributed by atoms with Crippen LogP contribution in [0.4, 0.5) is 0 Å². The Kier molecular flexibility index (Phi) is 4.18. The number of benzene rings is 1. The first-order valence-corrected chi connectivity index (χ1v) is 6.56. The van der Waals surface area contributed by atoms with Gasteiger partial charge in [0.1, 0.15) is 0 Å². The van der Waals surface area contributed by atoms with Crippen LogP contribution in [0.2, 0.25) is 0 Å². The Morgan fingerprint density at radius 2 is 2.26 bits per heavy atom. The lowest BCUT2D eigenvalue weighted by Crippen LogP contribution is -2.36. The van der Waals surface area contributed by atoms with E-state index in [1.54, 1.807) is 0 Å². The maximum Gasteiger partial charge on any atom is 0.234 e. The molecule has 1 saturated carbocycles. The number of nitrogens with one attached hydrogen (secondary N) is 1. The second kappa shape index (κ2) is 5.85. The van der Waals surface area contributed by atoms with Crippen LogP contribution in [0.5, 0.6) is 0 Å². The van der Waals surface area contributed by atoms with E-state index in [1.807, 2.05) is 37.1 Å². The summed E-state index contributed by atoms with van der Waals surface area (Å²) in [5, 5.41) is 11.8. The summed E-state index contributed by atoms with van der Waals surface area (Å²) >= 11 is 0. The van der Waals surface area contributed by atoms with Gasteiger partial charge in [-0.25, -0.2) is 0 Å². The largest absolute Gasteiger partial charge is 0.352 e. The van der Waals surface area contributed by atoms with Crippen molar-refractivity contribution >= 4 is 5.91 Å². The van der Waals surface area contributed by atoms with Crippen LogP contribution in [0.1, 0.15) is 29.5 Å². The minimum atomic E-state index is 0.0938. The zero-order valence-electron chi connectivity index (χ0n) is 11.4. The molecule has 0 radical (unpaired) electrons. The predicted octanol–water partition coefficient (Wildman–Crippen LogP) is 1.58. The molecule has 4 heteroatoms. The highest BCUT2D eigenvalue weighted by Gasteiger charge is 2.23. The molecule has 0 spiro atoms. The zero-order valence-corrected chi connectivity index (χ0v) is 11.4. The van der Waals surface area contributed by atoms with Crippen molar-refractivity contribution < 1.29 is 4.79 Å². The molecule has 1 aromatic carbocycles. The lowest BCUT2D eigenvalue weighted by Gasteiger charge is -2.17. The van der Waals surface area contributed by atoms with Gasteiger partial charge in [-0.05, 0) is 50.1 Å². The van der Waals surface area contributed by atoms with Crippen LogP contribution in [0.15, 0.2) is 18.2 Å². The van der Waals surface area contributed by atoms with Crippen molar-refractivity contribution in [2.75, 3.05) is 13.6 Å². The number of aryl methyl sites for hydroxylation is 1. The molecule has 1 fully saturated rings. The van der Waals surface area contributed by atoms with Gasteiger partial charge in [0.25, 0.3) is 0 Å². The number of carbonyl (C=O) groups excluding carboxylic acids is 1. The highest BCUT2D eigenvalue weighted by atomic mass is 16.2. The highest BCUT2D eigenvalue weighted by Crippen LogP contribution is 2.18. The summed E-state index contributed by atoms with van der Waals surface area (Å²) in [6, 6.07) is 8.21. The van der Waals surface area contributed by atoms with Crippen LogP contribution in [-0.4, -0.2) is 30.4 Å². The fourth-order valence-corrected chi connectivity index (χ4v) is 2.04. The number of rotatable bonds is 5. The average molecular weight is 257 g/mol. The normalized spacial score (nSPS) is 14.2. The molecule has 2 rings (SSSR count). The number of carbonyl (C=O) groups is 1. The van der Waals surface area contributed by atoms with Crippen molar-refractivity contribution in [3.05, 3.63) is 34.9 Å². The second-order valence-electron chi connectivity index (χ2n) is 5.27. The van der Waals surface area contributed by atoms with Gasteiger partial charge >= 0.3 is 0 Å². The van der Waals surface area contributed by atoms with Crippen molar-refractivity contribution in [2.45, 2.75) is 32.4 Å². The van der Waals surface area contributed by atoms with Gasteiger partial charge in [0, 0.05) is 12.6 Å². The quantitative estimate of drug-likeness (QED) is 0.871. The van der Waals surface area contributed by atoms with E-state index in [-0.39, 0.29) is 5.91 Å². The Labute approximate surface area is 114 Å². The van der Waals surface area contributed by atoms with Crippen LogP contribution < -0.4 is 5.32 Å². The smallest absolute Gasteiger partial charge is 0.234 e. The summed E-state index contributed by atoms with van der Waals surface area (Å²) in [6.45, 7) is 3.12. The molecule has 1 aliphatic rings. The van der Waals surface area contributed by atoms with Crippen molar-refractivity contribution in [3.8, 4) is 6.07 Å². The van der Waals surface area contributed by atoms with Crippen LogP contribution in [0, 0.1) is 18.3 Å². The van der Waals surface area contributed by atoms with Crippen LogP contribution in [0.25, 0.3) is 0 Å². The van der Waals surface area contributed by atoms with Gasteiger partial charge in [0.2, 0.25) is 5.91 Å². The van der Waals surface area contributed by atoms with Crippen LogP contribution >= 0.6 is 0 Å². The molecule has 0 aliphatic heterocycles. The van der Waals surface area contributed by atoms with Gasteiger partial charge in [-0.15, -0.1) is 0 Å². The SMILES string of the molecule is Cc1cc(C#N)ccc1CN(C)CC(=O)NC1CC1. The molecule has 0 saturated heterocycles. The molecule has 1 aromatic rings. The van der Waals surface area contributed by atoms with Gasteiger partial charge in [0.05, 0.1) is 18.2 Å². The number of nitriles is 1. The Hall–Kier alpha value is -1.86. The molecule has 0 heterocycles. The van der Waals surface area contributed by atoms with Crippen molar-refractivity contribution in [1.82, 2.24) is 10.2 Å². The maximum atomic E-state index is 11.7. The lowest BCUT2D eigenvalue weighted by molar-refractivity contribution is -0.122. The van der Waals surface area contributed by atoms with Crippen molar-refractivity contribution in [1.29, 1.82) is 5.26 Å². The number of nitrogens with zero attached hydrogens (tertiary/aromatic N) is 2. The fourth-order valence-electron chi connectivity index (χ4n) is 2.04.